The summed E-state index contributed by atoms with van der Waals surface area (Å²) >= 11 is 1.44. The number of aromatic nitrogens is 2. The summed E-state index contributed by atoms with van der Waals surface area (Å²) < 4.78 is 0. The van der Waals surface area contributed by atoms with Gasteiger partial charge in [0.25, 0.3) is 5.91 Å². The summed E-state index contributed by atoms with van der Waals surface area (Å²) in [5.41, 5.74) is 2.92. The van der Waals surface area contributed by atoms with Crippen molar-refractivity contribution in [2.45, 2.75) is 51.0 Å². The maximum atomic E-state index is 12.9. The molecule has 4 nitrogen and oxygen atoms in total. The van der Waals surface area contributed by atoms with Crippen LogP contribution in [0.25, 0.3) is 0 Å². The molecule has 1 aliphatic heterocycles. The Morgan fingerprint density at radius 1 is 1.26 bits per heavy atom. The molecule has 1 aromatic carbocycles. The summed E-state index contributed by atoms with van der Waals surface area (Å²) in [6, 6.07) is 8.60. The topological polar surface area (TPSA) is 46.1 Å². The highest BCUT2D eigenvalue weighted by Crippen LogP contribution is 2.48. The van der Waals surface area contributed by atoms with Gasteiger partial charge >= 0.3 is 0 Å². The molecule has 1 amide bonds. The van der Waals surface area contributed by atoms with Gasteiger partial charge in [0.2, 0.25) is 5.01 Å². The van der Waals surface area contributed by atoms with E-state index in [9.17, 15) is 4.79 Å². The van der Waals surface area contributed by atoms with E-state index >= 15 is 0 Å². The average Bonchev–Trinajstić information content (AvgIpc) is 3.01. The molecule has 0 atom stereocenters. The van der Waals surface area contributed by atoms with Crippen molar-refractivity contribution in [2.24, 2.45) is 0 Å². The molecule has 2 aliphatic rings. The van der Waals surface area contributed by atoms with Crippen LogP contribution in [-0.2, 0) is 12.0 Å². The van der Waals surface area contributed by atoms with Gasteiger partial charge in [-0.25, -0.2) is 0 Å². The molecular formula is C18H21N3OS. The van der Waals surface area contributed by atoms with Crippen LogP contribution < -0.4 is 0 Å². The number of nitrogens with zero attached hydrogens (tertiary/aromatic N) is 3. The zero-order chi connectivity index (χ0) is 16.0. The maximum Gasteiger partial charge on any atom is 0.285 e. The Labute approximate surface area is 140 Å². The van der Waals surface area contributed by atoms with Crippen LogP contribution in [0.5, 0.6) is 0 Å². The Morgan fingerprint density at radius 2 is 2.04 bits per heavy atom. The highest BCUT2D eigenvalue weighted by Gasteiger charge is 2.45. The predicted octanol–water partition coefficient (Wildman–Crippen LogP) is 3.74. The van der Waals surface area contributed by atoms with Crippen molar-refractivity contribution in [3.8, 4) is 0 Å². The lowest BCUT2D eigenvalue weighted by molar-refractivity contribution is 0.0586. The lowest BCUT2D eigenvalue weighted by atomic mass is 9.61. The van der Waals surface area contributed by atoms with Crippen LogP contribution in [0.3, 0.4) is 0 Å². The normalized spacial score (nSPS) is 18.8. The van der Waals surface area contributed by atoms with Gasteiger partial charge in [0.05, 0.1) is 0 Å². The number of fused-ring (bicyclic) bond motifs is 2. The molecule has 2 aromatic rings. The Morgan fingerprint density at radius 3 is 2.70 bits per heavy atom. The average molecular weight is 327 g/mol. The smallest absolute Gasteiger partial charge is 0.285 e. The van der Waals surface area contributed by atoms with Gasteiger partial charge in [-0.1, -0.05) is 55.9 Å². The van der Waals surface area contributed by atoms with Crippen LogP contribution in [0.4, 0.5) is 0 Å². The van der Waals surface area contributed by atoms with Crippen molar-refractivity contribution < 1.29 is 4.79 Å². The van der Waals surface area contributed by atoms with E-state index < -0.39 is 0 Å². The number of carbonyl (C=O) groups excluding carboxylic acids is 1. The third kappa shape index (κ3) is 2.38. The summed E-state index contributed by atoms with van der Waals surface area (Å²) in [6.07, 6.45) is 3.62. The van der Waals surface area contributed by atoms with E-state index in [0.717, 1.165) is 11.6 Å². The molecule has 0 saturated heterocycles. The summed E-state index contributed by atoms with van der Waals surface area (Å²) in [6.45, 7) is 5.66. The second-order valence-corrected chi connectivity index (χ2v) is 8.06. The molecule has 120 valence electrons. The molecule has 5 heteroatoms. The molecule has 0 N–H and O–H groups in total. The van der Waals surface area contributed by atoms with Crippen molar-refractivity contribution in [3.63, 3.8) is 0 Å². The van der Waals surface area contributed by atoms with Crippen LogP contribution in [0, 0.1) is 0 Å². The molecule has 0 radical (unpaired) electrons. The van der Waals surface area contributed by atoms with Crippen LogP contribution in [0.1, 0.15) is 65.0 Å². The van der Waals surface area contributed by atoms with E-state index in [4.69, 9.17) is 0 Å². The first-order valence-electron chi connectivity index (χ1n) is 8.30. The van der Waals surface area contributed by atoms with Crippen LogP contribution >= 0.6 is 11.3 Å². The Balaban J connectivity index is 1.64. The highest BCUT2D eigenvalue weighted by molar-refractivity contribution is 7.13. The van der Waals surface area contributed by atoms with Gasteiger partial charge < -0.3 is 4.90 Å². The Hall–Kier alpha value is -1.75. The second kappa shape index (κ2) is 5.41. The van der Waals surface area contributed by atoms with E-state index in [1.165, 1.54) is 41.7 Å². The van der Waals surface area contributed by atoms with Gasteiger partial charge in [-0.05, 0) is 24.0 Å². The number of benzene rings is 1. The first-order chi connectivity index (χ1) is 11.1. The minimum absolute atomic E-state index is 0.0372. The zero-order valence-corrected chi connectivity index (χ0v) is 14.4. The molecule has 1 fully saturated rings. The van der Waals surface area contributed by atoms with Crippen molar-refractivity contribution in [2.75, 3.05) is 6.54 Å². The molecule has 1 aromatic heterocycles. The summed E-state index contributed by atoms with van der Waals surface area (Å²) in [5, 5.41) is 9.77. The number of hydrogen-bond acceptors (Lipinski definition) is 4. The number of carbonyl (C=O) groups is 1. The first-order valence-corrected chi connectivity index (χ1v) is 9.12. The highest BCUT2D eigenvalue weighted by atomic mass is 32.1. The number of hydrogen-bond donors (Lipinski definition) is 0. The van der Waals surface area contributed by atoms with Crippen LogP contribution in [0.15, 0.2) is 24.3 Å². The monoisotopic (exact) mass is 327 g/mol. The predicted molar refractivity (Wildman–Crippen MR) is 90.7 cm³/mol. The minimum Gasteiger partial charge on any atom is -0.331 e. The molecule has 1 spiro atoms. The Kier molecular flexibility index (Phi) is 3.48. The molecule has 1 saturated carbocycles. The quantitative estimate of drug-likeness (QED) is 0.844. The first kappa shape index (κ1) is 14.8. The van der Waals surface area contributed by atoms with E-state index in [1.54, 1.807) is 0 Å². The third-order valence-electron chi connectivity index (χ3n) is 5.16. The van der Waals surface area contributed by atoms with E-state index in [0.29, 0.717) is 17.5 Å². The van der Waals surface area contributed by atoms with Gasteiger partial charge in [-0.15, -0.1) is 10.2 Å². The summed E-state index contributed by atoms with van der Waals surface area (Å²) in [5.74, 6) is 0.351. The SMILES string of the molecule is CC(C)c1nnc(C(=O)N2Cc3ccccc3C3(CCC3)C2)s1. The summed E-state index contributed by atoms with van der Waals surface area (Å²) in [4.78, 5) is 14.9. The van der Waals surface area contributed by atoms with Crippen molar-refractivity contribution >= 4 is 17.2 Å². The molecule has 1 aliphatic carbocycles. The summed E-state index contributed by atoms with van der Waals surface area (Å²) in [7, 11) is 0. The number of rotatable bonds is 2. The molecule has 0 unspecified atom stereocenters. The molecule has 23 heavy (non-hydrogen) atoms. The Bertz CT molecular complexity index is 748. The second-order valence-electron chi connectivity index (χ2n) is 7.05. The third-order valence-corrected chi connectivity index (χ3v) is 6.37. The largest absolute Gasteiger partial charge is 0.331 e. The van der Waals surface area contributed by atoms with Crippen molar-refractivity contribution in [3.05, 3.63) is 45.4 Å². The lowest BCUT2D eigenvalue weighted by Crippen LogP contribution is -2.51. The fourth-order valence-corrected chi connectivity index (χ4v) is 4.57. The maximum absolute atomic E-state index is 12.9. The van der Waals surface area contributed by atoms with E-state index in [1.807, 2.05) is 4.90 Å². The van der Waals surface area contributed by atoms with Gasteiger partial charge in [-0.2, -0.15) is 0 Å². The van der Waals surface area contributed by atoms with Gasteiger partial charge in [0.15, 0.2) is 0 Å². The van der Waals surface area contributed by atoms with E-state index in [2.05, 4.69) is 48.3 Å². The minimum atomic E-state index is 0.0372. The lowest BCUT2D eigenvalue weighted by Gasteiger charge is -2.49. The number of amides is 1. The van der Waals surface area contributed by atoms with Gasteiger partial charge in [0.1, 0.15) is 5.01 Å². The van der Waals surface area contributed by atoms with Crippen molar-refractivity contribution in [1.82, 2.24) is 15.1 Å². The fraction of sp³-hybridized carbons (Fsp3) is 0.500. The molecule has 4 rings (SSSR count). The van der Waals surface area contributed by atoms with Crippen molar-refractivity contribution in [1.29, 1.82) is 0 Å². The van der Waals surface area contributed by atoms with E-state index in [-0.39, 0.29) is 11.3 Å². The van der Waals surface area contributed by atoms with Crippen LogP contribution in [0.2, 0.25) is 0 Å². The van der Waals surface area contributed by atoms with Gasteiger partial charge in [0, 0.05) is 24.4 Å². The standard InChI is InChI=1S/C18H21N3OS/c1-12(2)15-19-20-16(23-15)17(22)21-10-13-6-3-4-7-14(13)18(11-21)8-5-9-18/h3-4,6-7,12H,5,8-11H2,1-2H3. The zero-order valence-electron chi connectivity index (χ0n) is 13.6. The molecular weight excluding hydrogens is 306 g/mol. The molecule has 2 heterocycles. The molecule has 0 bridgehead atoms. The van der Waals surface area contributed by atoms with Crippen LogP contribution in [-0.4, -0.2) is 27.5 Å². The van der Waals surface area contributed by atoms with Gasteiger partial charge in [-0.3, -0.25) is 4.79 Å². The fourth-order valence-electron chi connectivity index (χ4n) is 3.75.